The van der Waals surface area contributed by atoms with Crippen molar-refractivity contribution in [2.45, 2.75) is 12.5 Å². The first-order chi connectivity index (χ1) is 5.61. The normalized spacial score (nSPS) is 23.2. The van der Waals surface area contributed by atoms with Crippen LogP contribution in [0.4, 0.5) is 0 Å². The Morgan fingerprint density at radius 2 is 2.50 bits per heavy atom. The van der Waals surface area contributed by atoms with Gasteiger partial charge in [-0.15, -0.1) is 0 Å². The zero-order valence-electron chi connectivity index (χ0n) is 7.04. The maximum Gasteiger partial charge on any atom is 0.239 e. The van der Waals surface area contributed by atoms with Crippen LogP contribution in [0.1, 0.15) is 6.42 Å². The molecule has 5 heteroatoms. The van der Waals surface area contributed by atoms with E-state index in [-0.39, 0.29) is 18.5 Å². The first-order valence-corrected chi connectivity index (χ1v) is 3.88. The number of hydrogen-bond donors (Lipinski definition) is 2. The molecule has 0 saturated carbocycles. The number of primary amides is 1. The third kappa shape index (κ3) is 1.94. The average molecular weight is 171 g/mol. The number of likely N-dealkylation sites (N-methyl/N-ethyl adjacent to an activating group) is 1. The van der Waals surface area contributed by atoms with Crippen LogP contribution in [0.2, 0.25) is 0 Å². The van der Waals surface area contributed by atoms with Gasteiger partial charge in [-0.05, 0) is 6.42 Å². The third-order valence-corrected chi connectivity index (χ3v) is 1.95. The van der Waals surface area contributed by atoms with Crippen molar-refractivity contribution in [1.29, 1.82) is 0 Å². The molecule has 0 aromatic carbocycles. The smallest absolute Gasteiger partial charge is 0.239 e. The fourth-order valence-corrected chi connectivity index (χ4v) is 1.24. The monoisotopic (exact) mass is 171 g/mol. The Bertz CT molecular complexity index is 205. The Kier molecular flexibility index (Phi) is 2.65. The highest BCUT2D eigenvalue weighted by Crippen LogP contribution is 2.07. The van der Waals surface area contributed by atoms with Crippen molar-refractivity contribution in [3.8, 4) is 0 Å². The largest absolute Gasteiger partial charge is 0.369 e. The number of nitrogens with two attached hydrogens (primary N) is 1. The van der Waals surface area contributed by atoms with Gasteiger partial charge < -0.3 is 10.6 Å². The van der Waals surface area contributed by atoms with E-state index in [1.54, 1.807) is 11.9 Å². The van der Waals surface area contributed by atoms with Gasteiger partial charge in [-0.3, -0.25) is 14.9 Å². The van der Waals surface area contributed by atoms with Crippen LogP contribution in [0.15, 0.2) is 0 Å². The lowest BCUT2D eigenvalue weighted by atomic mass is 10.2. The van der Waals surface area contributed by atoms with Crippen LogP contribution in [0.3, 0.4) is 0 Å². The zero-order chi connectivity index (χ0) is 9.14. The lowest BCUT2D eigenvalue weighted by Gasteiger charge is -2.10. The Labute approximate surface area is 70.9 Å². The molecule has 0 aliphatic carbocycles. The highest BCUT2D eigenvalue weighted by Gasteiger charge is 2.28. The number of amides is 2. The number of nitrogens with one attached hydrogen (secondary N) is 1. The standard InChI is InChI=1S/C7H13N3O2/c1-10-3-2-5(7(10)12)9-4-6(8)11/h5,9H,2-4H2,1H3,(H2,8,11). The summed E-state index contributed by atoms with van der Waals surface area (Å²) in [5, 5.41) is 2.80. The Balaban J connectivity index is 2.34. The molecule has 0 bridgehead atoms. The Hall–Kier alpha value is -1.10. The highest BCUT2D eigenvalue weighted by atomic mass is 16.2. The van der Waals surface area contributed by atoms with Crippen LogP contribution in [0, 0.1) is 0 Å². The van der Waals surface area contributed by atoms with Crippen LogP contribution in [0.5, 0.6) is 0 Å². The van der Waals surface area contributed by atoms with Crippen molar-refractivity contribution in [3.63, 3.8) is 0 Å². The van der Waals surface area contributed by atoms with Gasteiger partial charge in [-0.2, -0.15) is 0 Å². The lowest BCUT2D eigenvalue weighted by molar-refractivity contribution is -0.128. The van der Waals surface area contributed by atoms with Crippen molar-refractivity contribution >= 4 is 11.8 Å². The minimum atomic E-state index is -0.433. The van der Waals surface area contributed by atoms with Crippen LogP contribution in [-0.2, 0) is 9.59 Å². The maximum atomic E-state index is 11.2. The second-order valence-corrected chi connectivity index (χ2v) is 2.95. The fourth-order valence-electron chi connectivity index (χ4n) is 1.24. The molecule has 1 fully saturated rings. The van der Waals surface area contributed by atoms with E-state index in [9.17, 15) is 9.59 Å². The molecule has 5 nitrogen and oxygen atoms in total. The molecule has 1 atom stereocenters. The molecule has 68 valence electrons. The van der Waals surface area contributed by atoms with Crippen molar-refractivity contribution < 1.29 is 9.59 Å². The average Bonchev–Trinajstić information content (AvgIpc) is 2.30. The third-order valence-electron chi connectivity index (χ3n) is 1.95. The molecule has 1 saturated heterocycles. The van der Waals surface area contributed by atoms with E-state index in [4.69, 9.17) is 5.73 Å². The molecule has 1 aliphatic rings. The molecular weight excluding hydrogens is 158 g/mol. The van der Waals surface area contributed by atoms with Crippen molar-refractivity contribution in [3.05, 3.63) is 0 Å². The molecule has 3 N–H and O–H groups in total. The number of likely N-dealkylation sites (tertiary alicyclic amines) is 1. The van der Waals surface area contributed by atoms with E-state index in [0.717, 1.165) is 13.0 Å². The van der Waals surface area contributed by atoms with E-state index >= 15 is 0 Å². The van der Waals surface area contributed by atoms with Crippen LogP contribution >= 0.6 is 0 Å². The van der Waals surface area contributed by atoms with E-state index in [1.165, 1.54) is 0 Å². The molecule has 0 aromatic heterocycles. The number of nitrogens with zero attached hydrogens (tertiary/aromatic N) is 1. The SMILES string of the molecule is CN1CCC(NCC(N)=O)C1=O. The van der Waals surface area contributed by atoms with Crippen molar-refractivity contribution in [2.75, 3.05) is 20.1 Å². The van der Waals surface area contributed by atoms with Gasteiger partial charge in [0, 0.05) is 13.6 Å². The van der Waals surface area contributed by atoms with Gasteiger partial charge in [0.25, 0.3) is 0 Å². The van der Waals surface area contributed by atoms with Gasteiger partial charge in [0.2, 0.25) is 11.8 Å². The Morgan fingerprint density at radius 3 is 2.92 bits per heavy atom. The van der Waals surface area contributed by atoms with Crippen LogP contribution < -0.4 is 11.1 Å². The summed E-state index contributed by atoms with van der Waals surface area (Å²) in [5.41, 5.74) is 4.92. The molecule has 12 heavy (non-hydrogen) atoms. The van der Waals surface area contributed by atoms with Gasteiger partial charge in [-0.1, -0.05) is 0 Å². The van der Waals surface area contributed by atoms with Crippen LogP contribution in [0.25, 0.3) is 0 Å². The first kappa shape index (κ1) is 8.99. The summed E-state index contributed by atoms with van der Waals surface area (Å²) in [6, 6.07) is -0.220. The lowest BCUT2D eigenvalue weighted by Crippen LogP contribution is -2.41. The molecule has 0 aromatic rings. The van der Waals surface area contributed by atoms with Gasteiger partial charge >= 0.3 is 0 Å². The molecule has 0 radical (unpaired) electrons. The molecule has 1 heterocycles. The van der Waals surface area contributed by atoms with Crippen LogP contribution in [-0.4, -0.2) is 42.9 Å². The maximum absolute atomic E-state index is 11.2. The second kappa shape index (κ2) is 3.53. The summed E-state index contributed by atoms with van der Waals surface area (Å²) in [5.74, 6) is -0.395. The highest BCUT2D eigenvalue weighted by molar-refractivity contribution is 5.84. The summed E-state index contributed by atoms with van der Waals surface area (Å²) in [4.78, 5) is 23.2. The second-order valence-electron chi connectivity index (χ2n) is 2.95. The van der Waals surface area contributed by atoms with E-state index < -0.39 is 5.91 Å². The number of hydrogen-bond acceptors (Lipinski definition) is 3. The molecule has 1 aliphatic heterocycles. The molecule has 2 amide bonds. The minimum absolute atomic E-state index is 0.0382. The molecule has 0 spiro atoms. The van der Waals surface area contributed by atoms with Gasteiger partial charge in [0.1, 0.15) is 0 Å². The number of carbonyl (C=O) groups excluding carboxylic acids is 2. The molecule has 1 unspecified atom stereocenters. The number of rotatable bonds is 3. The molecular formula is C7H13N3O2. The predicted molar refractivity (Wildman–Crippen MR) is 43.2 cm³/mol. The summed E-state index contributed by atoms with van der Waals surface area (Å²) >= 11 is 0. The van der Waals surface area contributed by atoms with Gasteiger partial charge in [0.05, 0.1) is 12.6 Å². The summed E-state index contributed by atoms with van der Waals surface area (Å²) < 4.78 is 0. The fraction of sp³-hybridized carbons (Fsp3) is 0.714. The first-order valence-electron chi connectivity index (χ1n) is 3.88. The van der Waals surface area contributed by atoms with Gasteiger partial charge in [0.15, 0.2) is 0 Å². The Morgan fingerprint density at radius 1 is 1.83 bits per heavy atom. The zero-order valence-corrected chi connectivity index (χ0v) is 7.04. The van der Waals surface area contributed by atoms with E-state index in [0.29, 0.717) is 0 Å². The van der Waals surface area contributed by atoms with Crippen molar-refractivity contribution in [1.82, 2.24) is 10.2 Å². The van der Waals surface area contributed by atoms with Crippen molar-refractivity contribution in [2.24, 2.45) is 5.73 Å². The number of carbonyl (C=O) groups is 2. The van der Waals surface area contributed by atoms with Gasteiger partial charge in [-0.25, -0.2) is 0 Å². The van der Waals surface area contributed by atoms with E-state index in [1.807, 2.05) is 0 Å². The summed E-state index contributed by atoms with van der Waals surface area (Å²) in [6.07, 6.45) is 0.753. The summed E-state index contributed by atoms with van der Waals surface area (Å²) in [7, 11) is 1.74. The predicted octanol–water partition coefficient (Wildman–Crippen LogP) is -1.71. The topological polar surface area (TPSA) is 75.4 Å². The minimum Gasteiger partial charge on any atom is -0.369 e. The quantitative estimate of drug-likeness (QED) is 0.531. The van der Waals surface area contributed by atoms with E-state index in [2.05, 4.69) is 5.32 Å². The summed E-state index contributed by atoms with van der Waals surface area (Å²) in [6.45, 7) is 0.819. The molecule has 1 rings (SSSR count).